The van der Waals surface area contributed by atoms with Crippen molar-refractivity contribution in [1.82, 2.24) is 14.4 Å². The van der Waals surface area contributed by atoms with E-state index in [4.69, 9.17) is 9.47 Å². The second-order valence-electron chi connectivity index (χ2n) is 18.2. The predicted molar refractivity (Wildman–Crippen MR) is 309 cm³/mol. The standard InChI is InChI=1S/C46H41N11O22S8/c1-21-13-30(52-55-39-22(2)27(20-47)44-49-40-36(85(69,70)71)8-7-28(48-23(3)58)42(40)57(44)45(39)59)34(79-9-5-11-82(60,61)62)17-29(21)51-54-32-18-33(78-4)31(19-35(32)80-10-6-12-83(63,64)65)53-56-46-50-41-38(87(75,76)77)16-25-26(43(41)81-46)14-24(84(66,67)68)15-37(25)86(72,73)74/h7-8,13-19,59H,5-6,9-12H2,1-4H3,(H,48,58)(H,60,61,62)(H,63,64,65)(H,66,67,68)(H,69,70,71)(H,72,73,74)(H,75,76,77). The molecule has 0 aliphatic rings. The number of aromatic hydroxyl groups is 1. The number of benzene rings is 5. The van der Waals surface area contributed by atoms with Crippen LogP contribution in [-0.2, 0) is 65.5 Å². The molecular weight excluding hydrogens is 1320 g/mol. The van der Waals surface area contributed by atoms with Crippen molar-refractivity contribution in [2.75, 3.05) is 36.3 Å². The van der Waals surface area contributed by atoms with Crippen molar-refractivity contribution in [1.29, 1.82) is 5.26 Å². The number of pyridine rings is 1. The molecule has 33 nitrogen and oxygen atoms in total. The number of nitriles is 1. The average Bonchev–Trinajstić information content (AvgIpc) is 1.66. The van der Waals surface area contributed by atoms with Crippen LogP contribution in [0.25, 0.3) is 37.7 Å². The molecule has 0 saturated heterocycles. The molecule has 0 saturated carbocycles. The minimum absolute atomic E-state index is 0.00289. The Morgan fingerprint density at radius 1 is 0.690 bits per heavy atom. The summed E-state index contributed by atoms with van der Waals surface area (Å²) in [7, 11) is -28.4. The monoisotopic (exact) mass is 1360 g/mol. The molecular formula is C46H41N11O22S8. The van der Waals surface area contributed by atoms with Crippen molar-refractivity contribution < 1.29 is 97.2 Å². The van der Waals surface area contributed by atoms with E-state index in [-0.39, 0.29) is 108 Å². The number of imidazole rings is 1. The van der Waals surface area contributed by atoms with Crippen LogP contribution < -0.4 is 14.8 Å². The van der Waals surface area contributed by atoms with E-state index in [0.29, 0.717) is 23.5 Å². The van der Waals surface area contributed by atoms with E-state index in [1.54, 1.807) is 0 Å². The van der Waals surface area contributed by atoms with Gasteiger partial charge in [-0.1, -0.05) is 11.3 Å². The molecule has 5 aromatic carbocycles. The number of azo groups is 3. The Kier molecular flexibility index (Phi) is 18.3. The molecule has 0 aliphatic heterocycles. The van der Waals surface area contributed by atoms with E-state index >= 15 is 0 Å². The first-order valence-electron chi connectivity index (χ1n) is 23.9. The second kappa shape index (κ2) is 24.4. The highest BCUT2D eigenvalue weighted by atomic mass is 32.2. The van der Waals surface area contributed by atoms with Gasteiger partial charge in [-0.25, -0.2) is 9.97 Å². The van der Waals surface area contributed by atoms with Crippen molar-refractivity contribution in [3.8, 4) is 23.4 Å². The first kappa shape index (κ1) is 65.2. The van der Waals surface area contributed by atoms with Gasteiger partial charge in [-0.2, -0.15) is 60.9 Å². The second-order valence-corrected chi connectivity index (χ2v) is 29.0. The molecule has 3 heterocycles. The van der Waals surface area contributed by atoms with E-state index in [0.717, 1.165) is 41.3 Å². The van der Waals surface area contributed by atoms with Gasteiger partial charge in [0.25, 0.3) is 60.7 Å². The number of hydrogen-bond acceptors (Lipinski definition) is 27. The summed E-state index contributed by atoms with van der Waals surface area (Å²) in [5, 5.41) is 48.8. The molecule has 0 aliphatic carbocycles. The van der Waals surface area contributed by atoms with Crippen LogP contribution in [0.2, 0.25) is 0 Å². The number of thiazole rings is 1. The average molecular weight is 1360 g/mol. The zero-order chi connectivity index (χ0) is 64.1. The molecule has 0 fully saturated rings. The lowest BCUT2D eigenvalue weighted by Gasteiger charge is -2.13. The Hall–Kier alpha value is -7.83. The third-order valence-corrected chi connectivity index (χ3v) is 19.3. The summed E-state index contributed by atoms with van der Waals surface area (Å²) in [5.41, 5.74) is -2.27. The largest absolute Gasteiger partial charge is 0.494 e. The van der Waals surface area contributed by atoms with Gasteiger partial charge in [0.15, 0.2) is 11.3 Å². The van der Waals surface area contributed by atoms with Crippen LogP contribution in [0.3, 0.4) is 0 Å². The van der Waals surface area contributed by atoms with Crippen molar-refractivity contribution in [2.45, 2.75) is 58.1 Å². The van der Waals surface area contributed by atoms with E-state index in [1.807, 2.05) is 6.07 Å². The highest BCUT2D eigenvalue weighted by Crippen LogP contribution is 2.47. The van der Waals surface area contributed by atoms with Crippen molar-refractivity contribution >= 4 is 167 Å². The Balaban J connectivity index is 1.23. The van der Waals surface area contributed by atoms with Gasteiger partial charge < -0.3 is 19.9 Å². The lowest BCUT2D eigenvalue weighted by Crippen LogP contribution is -2.08. The van der Waals surface area contributed by atoms with E-state index in [9.17, 15) is 93.0 Å². The number of aromatic nitrogens is 3. The third-order valence-electron chi connectivity index (χ3n) is 12.1. The summed E-state index contributed by atoms with van der Waals surface area (Å²) < 4.78 is 217. The van der Waals surface area contributed by atoms with E-state index in [1.165, 1.54) is 45.2 Å². The maximum Gasteiger partial charge on any atom is 0.296 e. The Bertz CT molecular complexity index is 5110. The molecule has 0 atom stereocenters. The fourth-order valence-electron chi connectivity index (χ4n) is 8.33. The molecule has 0 radical (unpaired) electrons. The SMILES string of the molecule is COc1cc(N=Nc2cc(OCCCS(=O)(=O)O)c(N=Nc3c(C)c(C#N)c4nc5c(S(=O)(=O)O)ccc(NC(C)=O)c5n4c3O)cc2C)c(SCCCS(=O)(=O)O)cc1N=Nc1nc2c(S(=O)(=O)O)cc3c(S(=O)(=O)O)cc(S(=O)(=O)O)cc3c2s1. The molecule has 8 rings (SSSR count). The first-order valence-corrected chi connectivity index (χ1v) is 34.6. The van der Waals surface area contributed by atoms with Gasteiger partial charge >= 0.3 is 0 Å². The number of carbonyl (C=O) groups is 1. The fraction of sp³-hybridized carbons (Fsp3) is 0.217. The fourth-order valence-corrected chi connectivity index (χ4v) is 14.1. The number of thioether (sulfide) groups is 1. The molecule has 8 N–H and O–H groups in total. The van der Waals surface area contributed by atoms with E-state index in [2.05, 4.69) is 46.0 Å². The highest BCUT2D eigenvalue weighted by Gasteiger charge is 2.30. The number of amides is 1. The van der Waals surface area contributed by atoms with Gasteiger partial charge in [0.05, 0.1) is 46.2 Å². The maximum absolute atomic E-state index is 12.6. The minimum atomic E-state index is -5.34. The number of carbonyl (C=O) groups excluding carboxylic acids is 1. The van der Waals surface area contributed by atoms with Crippen molar-refractivity contribution in [3.05, 3.63) is 71.3 Å². The number of methoxy groups -OCH3 is 1. The first-order chi connectivity index (χ1) is 40.4. The minimum Gasteiger partial charge on any atom is -0.494 e. The maximum atomic E-state index is 12.6. The predicted octanol–water partition coefficient (Wildman–Crippen LogP) is 8.67. The van der Waals surface area contributed by atoms with Gasteiger partial charge in [-0.05, 0) is 80.5 Å². The molecule has 0 bridgehead atoms. The summed E-state index contributed by atoms with van der Waals surface area (Å²) in [5.74, 6) is -3.06. The molecule has 1 amide bonds. The number of nitrogens with one attached hydrogen (secondary N) is 1. The number of fused-ring (bicyclic) bond motifs is 6. The highest BCUT2D eigenvalue weighted by molar-refractivity contribution is 7.99. The zero-order valence-electron chi connectivity index (χ0n) is 44.4. The quantitative estimate of drug-likeness (QED) is 0.0136. The van der Waals surface area contributed by atoms with Crippen LogP contribution in [0.4, 0.5) is 39.3 Å². The third kappa shape index (κ3) is 14.6. The molecule has 0 spiro atoms. The lowest BCUT2D eigenvalue weighted by molar-refractivity contribution is -0.114. The van der Waals surface area contributed by atoms with Crippen molar-refractivity contribution in [2.24, 2.45) is 30.7 Å². The summed E-state index contributed by atoms with van der Waals surface area (Å²) in [6.45, 7) is 3.65. The van der Waals surface area contributed by atoms with Crippen molar-refractivity contribution in [3.63, 3.8) is 0 Å². The number of nitrogens with zero attached hydrogens (tertiary/aromatic N) is 10. The van der Waals surface area contributed by atoms with E-state index < -0.39 is 131 Å². The summed E-state index contributed by atoms with van der Waals surface area (Å²) in [6, 6.07) is 11.0. The summed E-state index contributed by atoms with van der Waals surface area (Å²) in [6.07, 6.45) is -0.378. The van der Waals surface area contributed by atoms with Gasteiger partial charge in [-0.15, -0.1) is 37.3 Å². The smallest absolute Gasteiger partial charge is 0.296 e. The number of ether oxygens (including phenoxy) is 2. The molecule has 460 valence electrons. The van der Waals surface area contributed by atoms with Gasteiger partial charge in [0.2, 0.25) is 16.9 Å². The molecule has 87 heavy (non-hydrogen) atoms. The van der Waals surface area contributed by atoms with Crippen LogP contribution >= 0.6 is 23.1 Å². The van der Waals surface area contributed by atoms with Crippen LogP contribution in [0.15, 0.2) is 110 Å². The van der Waals surface area contributed by atoms with Crippen LogP contribution in [0.5, 0.6) is 17.4 Å². The summed E-state index contributed by atoms with van der Waals surface area (Å²) >= 11 is 1.48. The Morgan fingerprint density at radius 2 is 1.30 bits per heavy atom. The Morgan fingerprint density at radius 3 is 1.91 bits per heavy atom. The molecule has 41 heteroatoms. The normalized spacial score (nSPS) is 13.1. The molecule has 3 aromatic heterocycles. The van der Waals surface area contributed by atoms with Crippen LogP contribution in [0, 0.1) is 25.2 Å². The lowest BCUT2D eigenvalue weighted by atomic mass is 10.1. The Labute approximate surface area is 500 Å². The van der Waals surface area contributed by atoms with Gasteiger partial charge in [0, 0.05) is 40.3 Å². The van der Waals surface area contributed by atoms with Crippen LogP contribution in [-0.4, -0.2) is 134 Å². The van der Waals surface area contributed by atoms with Crippen LogP contribution in [0.1, 0.15) is 36.5 Å². The zero-order valence-corrected chi connectivity index (χ0v) is 51.0. The molecule has 0 unspecified atom stereocenters. The number of rotatable bonds is 22. The van der Waals surface area contributed by atoms with Gasteiger partial charge in [-0.3, -0.25) is 36.5 Å². The summed E-state index contributed by atoms with van der Waals surface area (Å²) in [4.78, 5) is 16.9. The molecule has 8 aromatic rings. The number of hydrogen-bond donors (Lipinski definition) is 8. The number of anilines is 1. The van der Waals surface area contributed by atoms with Gasteiger partial charge in [0.1, 0.15) is 71.4 Å². The number of aryl methyl sites for hydroxylation is 1. The topological polar surface area (TPSA) is 522 Å².